The van der Waals surface area contributed by atoms with E-state index in [4.69, 9.17) is 11.6 Å². The quantitative estimate of drug-likeness (QED) is 0.923. The minimum absolute atomic E-state index is 0.468. The van der Waals surface area contributed by atoms with E-state index in [1.165, 1.54) is 5.56 Å². The van der Waals surface area contributed by atoms with Crippen LogP contribution in [-0.4, -0.2) is 15.8 Å². The highest BCUT2D eigenvalue weighted by Crippen LogP contribution is 2.31. The first kappa shape index (κ1) is 12.6. The van der Waals surface area contributed by atoms with E-state index in [0.29, 0.717) is 6.04 Å². The van der Waals surface area contributed by atoms with Crippen molar-refractivity contribution >= 4 is 22.9 Å². The van der Waals surface area contributed by atoms with Crippen LogP contribution >= 0.6 is 22.9 Å². The summed E-state index contributed by atoms with van der Waals surface area (Å²) in [5, 5.41) is 7.91. The summed E-state index contributed by atoms with van der Waals surface area (Å²) >= 11 is 7.53. The van der Waals surface area contributed by atoms with Gasteiger partial charge in [0, 0.05) is 31.4 Å². The average molecular weight is 270 g/mol. The molecule has 3 nitrogen and oxygen atoms in total. The molecule has 2 aromatic rings. The SMILES string of the molecule is CC(C)NCc1cn(C)nc1-c1ccc(Cl)s1. The van der Waals surface area contributed by atoms with E-state index in [0.717, 1.165) is 21.5 Å². The third kappa shape index (κ3) is 3.09. The maximum absolute atomic E-state index is 5.97. The molecule has 0 unspecified atom stereocenters. The van der Waals surface area contributed by atoms with Crippen molar-refractivity contribution in [1.29, 1.82) is 0 Å². The van der Waals surface area contributed by atoms with Crippen LogP contribution in [0.2, 0.25) is 4.34 Å². The van der Waals surface area contributed by atoms with E-state index < -0.39 is 0 Å². The molecular formula is C12H16ClN3S. The van der Waals surface area contributed by atoms with Crippen LogP contribution in [0.5, 0.6) is 0 Å². The number of aromatic nitrogens is 2. The van der Waals surface area contributed by atoms with Gasteiger partial charge in [-0.2, -0.15) is 5.10 Å². The lowest BCUT2D eigenvalue weighted by atomic mass is 10.2. The average Bonchev–Trinajstić information content (AvgIpc) is 2.81. The molecule has 0 fully saturated rings. The number of hydrogen-bond acceptors (Lipinski definition) is 3. The van der Waals surface area contributed by atoms with Crippen LogP contribution in [0.3, 0.4) is 0 Å². The number of halogens is 1. The van der Waals surface area contributed by atoms with Crippen LogP contribution in [0.1, 0.15) is 19.4 Å². The molecule has 0 aliphatic carbocycles. The topological polar surface area (TPSA) is 29.9 Å². The number of rotatable bonds is 4. The van der Waals surface area contributed by atoms with E-state index in [2.05, 4.69) is 30.5 Å². The molecule has 0 saturated carbocycles. The van der Waals surface area contributed by atoms with Crippen LogP contribution in [-0.2, 0) is 13.6 Å². The van der Waals surface area contributed by atoms with Gasteiger partial charge >= 0.3 is 0 Å². The summed E-state index contributed by atoms with van der Waals surface area (Å²) in [5.41, 5.74) is 2.23. The van der Waals surface area contributed by atoms with E-state index >= 15 is 0 Å². The molecule has 2 rings (SSSR count). The Balaban J connectivity index is 2.27. The molecule has 17 heavy (non-hydrogen) atoms. The minimum atomic E-state index is 0.468. The first-order chi connectivity index (χ1) is 8.06. The maximum atomic E-state index is 5.97. The maximum Gasteiger partial charge on any atom is 0.107 e. The van der Waals surface area contributed by atoms with E-state index in [1.54, 1.807) is 11.3 Å². The van der Waals surface area contributed by atoms with Crippen molar-refractivity contribution in [3.05, 3.63) is 28.2 Å². The van der Waals surface area contributed by atoms with Crippen LogP contribution in [0.25, 0.3) is 10.6 Å². The zero-order valence-corrected chi connectivity index (χ0v) is 11.8. The molecular weight excluding hydrogens is 254 g/mol. The van der Waals surface area contributed by atoms with E-state index in [9.17, 15) is 0 Å². The van der Waals surface area contributed by atoms with Gasteiger partial charge in [-0.3, -0.25) is 4.68 Å². The molecule has 0 atom stereocenters. The molecule has 1 N–H and O–H groups in total. The zero-order chi connectivity index (χ0) is 12.4. The summed E-state index contributed by atoms with van der Waals surface area (Å²) in [5.74, 6) is 0. The van der Waals surface area contributed by atoms with Crippen LogP contribution in [0.15, 0.2) is 18.3 Å². The summed E-state index contributed by atoms with van der Waals surface area (Å²) in [7, 11) is 1.94. The summed E-state index contributed by atoms with van der Waals surface area (Å²) < 4.78 is 2.65. The van der Waals surface area contributed by atoms with Crippen molar-refractivity contribution in [2.24, 2.45) is 7.05 Å². The van der Waals surface area contributed by atoms with Crippen molar-refractivity contribution in [3.63, 3.8) is 0 Å². The van der Waals surface area contributed by atoms with Gasteiger partial charge in [0.15, 0.2) is 0 Å². The minimum Gasteiger partial charge on any atom is -0.310 e. The van der Waals surface area contributed by atoms with Gasteiger partial charge in [-0.05, 0) is 12.1 Å². The number of nitrogens with zero attached hydrogens (tertiary/aromatic N) is 2. The Hall–Kier alpha value is -0.840. The molecule has 0 radical (unpaired) electrons. The smallest absolute Gasteiger partial charge is 0.107 e. The first-order valence-corrected chi connectivity index (χ1v) is 6.77. The molecule has 0 aromatic carbocycles. The number of hydrogen-bond donors (Lipinski definition) is 1. The molecule has 0 bridgehead atoms. The second-order valence-corrected chi connectivity index (χ2v) is 6.03. The molecule has 0 saturated heterocycles. The van der Waals surface area contributed by atoms with Gasteiger partial charge in [-0.1, -0.05) is 25.4 Å². The molecule has 0 amide bonds. The molecule has 2 heterocycles. The lowest BCUT2D eigenvalue weighted by Gasteiger charge is -2.06. The highest BCUT2D eigenvalue weighted by atomic mass is 35.5. The Morgan fingerprint density at radius 1 is 1.47 bits per heavy atom. The summed E-state index contributed by atoms with van der Waals surface area (Å²) in [4.78, 5) is 1.12. The van der Waals surface area contributed by atoms with Crippen LogP contribution in [0.4, 0.5) is 0 Å². The van der Waals surface area contributed by atoms with Gasteiger partial charge in [-0.15, -0.1) is 11.3 Å². The largest absolute Gasteiger partial charge is 0.310 e. The number of thiophene rings is 1. The third-order valence-electron chi connectivity index (χ3n) is 2.41. The van der Waals surface area contributed by atoms with Crippen molar-refractivity contribution < 1.29 is 0 Å². The Bertz CT molecular complexity index is 502. The third-order valence-corrected chi connectivity index (χ3v) is 3.65. The Kier molecular flexibility index (Phi) is 3.86. The fourth-order valence-electron chi connectivity index (χ4n) is 1.63. The van der Waals surface area contributed by atoms with Gasteiger partial charge in [0.2, 0.25) is 0 Å². The van der Waals surface area contributed by atoms with Crippen molar-refractivity contribution in [3.8, 4) is 10.6 Å². The molecule has 2 aromatic heterocycles. The standard InChI is InChI=1S/C12H16ClN3S/c1-8(2)14-6-9-7-16(3)15-12(9)10-4-5-11(13)17-10/h4-5,7-8,14H,6H2,1-3H3. The Morgan fingerprint density at radius 2 is 2.24 bits per heavy atom. The first-order valence-electron chi connectivity index (χ1n) is 5.58. The normalized spacial score (nSPS) is 11.4. The van der Waals surface area contributed by atoms with Crippen molar-refractivity contribution in [2.45, 2.75) is 26.4 Å². The fourth-order valence-corrected chi connectivity index (χ4v) is 2.69. The van der Waals surface area contributed by atoms with Crippen LogP contribution < -0.4 is 5.32 Å². The van der Waals surface area contributed by atoms with Gasteiger partial charge in [-0.25, -0.2) is 0 Å². The highest BCUT2D eigenvalue weighted by Gasteiger charge is 2.12. The molecule has 0 aliphatic rings. The van der Waals surface area contributed by atoms with Gasteiger partial charge in [0.25, 0.3) is 0 Å². The Morgan fingerprint density at radius 3 is 2.82 bits per heavy atom. The predicted octanol–water partition coefficient (Wildman–Crippen LogP) is 3.30. The van der Waals surface area contributed by atoms with E-state index in [1.807, 2.05) is 23.9 Å². The highest BCUT2D eigenvalue weighted by molar-refractivity contribution is 7.19. The number of aryl methyl sites for hydroxylation is 1. The predicted molar refractivity (Wildman–Crippen MR) is 73.5 cm³/mol. The zero-order valence-electron chi connectivity index (χ0n) is 10.2. The second-order valence-electron chi connectivity index (χ2n) is 4.32. The van der Waals surface area contributed by atoms with E-state index in [-0.39, 0.29) is 0 Å². The van der Waals surface area contributed by atoms with Gasteiger partial charge in [0.1, 0.15) is 5.69 Å². The second kappa shape index (κ2) is 5.21. The van der Waals surface area contributed by atoms with Crippen molar-refractivity contribution in [2.75, 3.05) is 0 Å². The molecule has 92 valence electrons. The molecule has 0 aliphatic heterocycles. The number of nitrogens with one attached hydrogen (secondary N) is 1. The van der Waals surface area contributed by atoms with Crippen molar-refractivity contribution in [1.82, 2.24) is 15.1 Å². The summed E-state index contributed by atoms with van der Waals surface area (Å²) in [6, 6.07) is 4.40. The lowest BCUT2D eigenvalue weighted by molar-refractivity contribution is 0.589. The Labute approximate surface area is 110 Å². The van der Waals surface area contributed by atoms with Gasteiger partial charge in [0.05, 0.1) is 9.21 Å². The van der Waals surface area contributed by atoms with Gasteiger partial charge < -0.3 is 5.32 Å². The monoisotopic (exact) mass is 269 g/mol. The summed E-state index contributed by atoms with van der Waals surface area (Å²) in [6.45, 7) is 5.10. The molecule has 0 spiro atoms. The van der Waals surface area contributed by atoms with Crippen LogP contribution in [0, 0.1) is 0 Å². The lowest BCUT2D eigenvalue weighted by Crippen LogP contribution is -2.21. The fraction of sp³-hybridized carbons (Fsp3) is 0.417. The summed E-state index contributed by atoms with van der Waals surface area (Å²) in [6.07, 6.45) is 2.05. The molecule has 5 heteroatoms.